The molecule has 0 saturated heterocycles. The first-order chi connectivity index (χ1) is 9.52. The topological polar surface area (TPSA) is 55.6 Å². The minimum atomic E-state index is 0.532. The van der Waals surface area contributed by atoms with Crippen LogP contribution in [0.2, 0.25) is 0 Å². The summed E-state index contributed by atoms with van der Waals surface area (Å²) in [4.78, 5) is 13.6. The van der Waals surface area contributed by atoms with E-state index in [9.17, 15) is 0 Å². The Bertz CT molecular complexity index is 591. The fourth-order valence-corrected chi connectivity index (χ4v) is 2.46. The van der Waals surface area contributed by atoms with Crippen molar-refractivity contribution in [1.82, 2.24) is 19.5 Å². The minimum absolute atomic E-state index is 0.532. The summed E-state index contributed by atoms with van der Waals surface area (Å²) in [5.41, 5.74) is 1.02. The molecule has 0 aliphatic rings. The first kappa shape index (κ1) is 15.0. The van der Waals surface area contributed by atoms with Crippen molar-refractivity contribution in [1.29, 1.82) is 0 Å². The first-order valence-corrected chi connectivity index (χ1v) is 7.60. The van der Waals surface area contributed by atoms with E-state index < -0.39 is 0 Å². The average Bonchev–Trinajstić information content (AvgIpc) is 2.80. The smallest absolute Gasteiger partial charge is 0.198 e. The molecule has 0 fully saturated rings. The van der Waals surface area contributed by atoms with Crippen LogP contribution in [0.5, 0.6) is 0 Å². The van der Waals surface area contributed by atoms with Gasteiger partial charge in [0.25, 0.3) is 0 Å². The van der Waals surface area contributed by atoms with Gasteiger partial charge in [-0.3, -0.25) is 0 Å². The van der Waals surface area contributed by atoms with Crippen LogP contribution < -0.4 is 5.32 Å². The lowest BCUT2D eigenvalue weighted by atomic mass is 10.1. The number of nitrogens with one attached hydrogen (secondary N) is 1. The second-order valence-electron chi connectivity index (χ2n) is 5.15. The zero-order chi connectivity index (χ0) is 14.7. The van der Waals surface area contributed by atoms with Crippen molar-refractivity contribution in [3.63, 3.8) is 0 Å². The minimum Gasteiger partial charge on any atom is -0.369 e. The highest BCUT2D eigenvalue weighted by atomic mass is 79.9. The van der Waals surface area contributed by atoms with E-state index in [4.69, 9.17) is 0 Å². The van der Waals surface area contributed by atoms with Crippen LogP contribution in [-0.2, 0) is 13.5 Å². The van der Waals surface area contributed by atoms with Crippen LogP contribution in [0.15, 0.2) is 16.9 Å². The second-order valence-corrected chi connectivity index (χ2v) is 5.94. The lowest BCUT2D eigenvalue weighted by Gasteiger charge is -2.13. The van der Waals surface area contributed by atoms with Gasteiger partial charge in [0.05, 0.1) is 10.2 Å². The molecule has 5 nitrogen and oxygen atoms in total. The Morgan fingerprint density at radius 3 is 2.65 bits per heavy atom. The van der Waals surface area contributed by atoms with Gasteiger partial charge in [-0.25, -0.2) is 15.0 Å². The summed E-state index contributed by atoms with van der Waals surface area (Å²) in [7, 11) is 1.95. The number of anilines is 1. The van der Waals surface area contributed by atoms with Crippen LogP contribution in [0.3, 0.4) is 0 Å². The van der Waals surface area contributed by atoms with E-state index in [1.54, 1.807) is 6.20 Å². The van der Waals surface area contributed by atoms with Crippen molar-refractivity contribution in [2.45, 2.75) is 27.2 Å². The van der Waals surface area contributed by atoms with Crippen molar-refractivity contribution in [3.8, 4) is 11.6 Å². The van der Waals surface area contributed by atoms with E-state index in [1.807, 2.05) is 17.8 Å². The van der Waals surface area contributed by atoms with Gasteiger partial charge in [0.1, 0.15) is 5.82 Å². The molecule has 20 heavy (non-hydrogen) atoms. The molecule has 1 N–H and O–H groups in total. The zero-order valence-electron chi connectivity index (χ0n) is 12.3. The van der Waals surface area contributed by atoms with Crippen LogP contribution in [-0.4, -0.2) is 26.1 Å². The molecule has 108 valence electrons. The monoisotopic (exact) mass is 337 g/mol. The summed E-state index contributed by atoms with van der Waals surface area (Å²) in [6, 6.07) is 0. The lowest BCUT2D eigenvalue weighted by Crippen LogP contribution is -2.09. The lowest BCUT2D eigenvalue weighted by molar-refractivity contribution is 0.632. The Kier molecular flexibility index (Phi) is 4.75. The molecule has 0 amide bonds. The molecule has 0 radical (unpaired) electrons. The summed E-state index contributed by atoms with van der Waals surface area (Å²) < 4.78 is 2.88. The van der Waals surface area contributed by atoms with Gasteiger partial charge in [-0.2, -0.15) is 0 Å². The van der Waals surface area contributed by atoms with E-state index in [2.05, 4.69) is 57.0 Å². The van der Waals surface area contributed by atoms with E-state index >= 15 is 0 Å². The fraction of sp³-hybridized carbons (Fsp3) is 0.500. The van der Waals surface area contributed by atoms with Crippen molar-refractivity contribution < 1.29 is 0 Å². The molecule has 0 spiro atoms. The quantitative estimate of drug-likeness (QED) is 0.909. The molecule has 0 aliphatic heterocycles. The van der Waals surface area contributed by atoms with Gasteiger partial charge >= 0.3 is 0 Å². The molecule has 0 aromatic carbocycles. The number of halogens is 1. The predicted molar refractivity (Wildman–Crippen MR) is 84.6 cm³/mol. The van der Waals surface area contributed by atoms with Crippen molar-refractivity contribution in [2.24, 2.45) is 13.0 Å². The SMILES string of the molecule is CCNc1nc(-c2nccn2C)nc(CC(C)C)c1Br. The van der Waals surface area contributed by atoms with E-state index in [-0.39, 0.29) is 0 Å². The number of nitrogens with zero attached hydrogens (tertiary/aromatic N) is 4. The van der Waals surface area contributed by atoms with E-state index in [0.717, 1.165) is 34.8 Å². The number of hydrogen-bond donors (Lipinski definition) is 1. The van der Waals surface area contributed by atoms with Crippen LogP contribution in [0.1, 0.15) is 26.5 Å². The predicted octanol–water partition coefficient (Wildman–Crippen LogP) is 3.27. The van der Waals surface area contributed by atoms with Gasteiger partial charge in [0, 0.05) is 26.0 Å². The van der Waals surface area contributed by atoms with Crippen LogP contribution >= 0.6 is 15.9 Å². The van der Waals surface area contributed by atoms with Gasteiger partial charge in [-0.15, -0.1) is 0 Å². The molecule has 2 aromatic heterocycles. The number of aromatic nitrogens is 4. The number of hydrogen-bond acceptors (Lipinski definition) is 4. The zero-order valence-corrected chi connectivity index (χ0v) is 13.9. The highest BCUT2D eigenvalue weighted by Crippen LogP contribution is 2.28. The Labute approximate surface area is 128 Å². The van der Waals surface area contributed by atoms with Gasteiger partial charge in [0.15, 0.2) is 11.6 Å². The van der Waals surface area contributed by atoms with Gasteiger partial charge < -0.3 is 9.88 Å². The Morgan fingerprint density at radius 1 is 1.35 bits per heavy atom. The normalized spacial score (nSPS) is 11.1. The Balaban J connectivity index is 2.52. The molecule has 2 heterocycles. The first-order valence-electron chi connectivity index (χ1n) is 6.80. The molecule has 0 unspecified atom stereocenters. The molecule has 0 atom stereocenters. The molecular weight excluding hydrogens is 318 g/mol. The molecular formula is C14H20BrN5. The molecule has 6 heteroatoms. The van der Waals surface area contributed by atoms with E-state index in [1.165, 1.54) is 0 Å². The summed E-state index contributed by atoms with van der Waals surface area (Å²) in [5, 5.41) is 3.28. The maximum Gasteiger partial charge on any atom is 0.198 e. The van der Waals surface area contributed by atoms with Crippen LogP contribution in [0.25, 0.3) is 11.6 Å². The Hall–Kier alpha value is -1.43. The van der Waals surface area contributed by atoms with Gasteiger partial charge in [-0.05, 0) is 35.2 Å². The third-order valence-electron chi connectivity index (χ3n) is 2.89. The molecule has 2 aromatic rings. The second kappa shape index (κ2) is 6.35. The highest BCUT2D eigenvalue weighted by Gasteiger charge is 2.16. The highest BCUT2D eigenvalue weighted by molar-refractivity contribution is 9.10. The number of rotatable bonds is 5. The largest absolute Gasteiger partial charge is 0.369 e. The van der Waals surface area contributed by atoms with Gasteiger partial charge in [0.2, 0.25) is 0 Å². The molecule has 2 rings (SSSR count). The summed E-state index contributed by atoms with van der Waals surface area (Å²) in [5.74, 6) is 2.80. The summed E-state index contributed by atoms with van der Waals surface area (Å²) in [6.07, 6.45) is 4.56. The third-order valence-corrected chi connectivity index (χ3v) is 3.72. The summed E-state index contributed by atoms with van der Waals surface area (Å²) >= 11 is 3.61. The van der Waals surface area contributed by atoms with Crippen LogP contribution in [0, 0.1) is 5.92 Å². The van der Waals surface area contributed by atoms with Crippen molar-refractivity contribution in [3.05, 3.63) is 22.6 Å². The van der Waals surface area contributed by atoms with Crippen molar-refractivity contribution >= 4 is 21.7 Å². The standard InChI is InChI=1S/C14H20BrN5/c1-5-16-12-11(15)10(8-9(2)3)18-13(19-12)14-17-6-7-20(14)4/h6-7,9H,5,8H2,1-4H3,(H,16,18,19). The maximum atomic E-state index is 4.68. The molecule has 0 aliphatic carbocycles. The maximum absolute atomic E-state index is 4.68. The number of imidazole rings is 1. The molecule has 0 saturated carbocycles. The average molecular weight is 338 g/mol. The van der Waals surface area contributed by atoms with Gasteiger partial charge in [-0.1, -0.05) is 13.8 Å². The molecule has 0 bridgehead atoms. The summed E-state index contributed by atoms with van der Waals surface area (Å²) in [6.45, 7) is 7.23. The third kappa shape index (κ3) is 3.17. The van der Waals surface area contributed by atoms with Crippen molar-refractivity contribution in [2.75, 3.05) is 11.9 Å². The van der Waals surface area contributed by atoms with Crippen LogP contribution in [0.4, 0.5) is 5.82 Å². The fourth-order valence-electron chi connectivity index (χ4n) is 1.98. The number of aryl methyl sites for hydroxylation is 1. The Morgan fingerprint density at radius 2 is 2.10 bits per heavy atom. The van der Waals surface area contributed by atoms with E-state index in [0.29, 0.717) is 11.7 Å².